The van der Waals surface area contributed by atoms with Crippen molar-refractivity contribution in [3.63, 3.8) is 0 Å². The monoisotopic (exact) mass is 697 g/mol. The molecule has 0 saturated carbocycles. The van der Waals surface area contributed by atoms with E-state index < -0.39 is 47.8 Å². The van der Waals surface area contributed by atoms with Crippen molar-refractivity contribution in [3.05, 3.63) is 24.3 Å². The second-order valence-corrected chi connectivity index (χ2v) is 9.63. The number of hydroxylamine groups is 2. The number of hydrogen-bond donors (Lipinski definition) is 3. The zero-order valence-electron chi connectivity index (χ0n) is 26.1. The van der Waals surface area contributed by atoms with Gasteiger partial charge in [-0.2, -0.15) is 0 Å². The minimum Gasteiger partial charge on any atom is -0.450 e. The second kappa shape index (κ2) is 21.2. The van der Waals surface area contributed by atoms with Crippen molar-refractivity contribution >= 4 is 59.6 Å². The van der Waals surface area contributed by atoms with Crippen molar-refractivity contribution in [1.29, 1.82) is 0 Å². The summed E-state index contributed by atoms with van der Waals surface area (Å²) in [5.74, 6) is -3.61. The molecule has 3 N–H and O–H groups in total. The number of nitrogens with one attached hydrogen (secondary N) is 2. The molecule has 268 valence electrons. The van der Waals surface area contributed by atoms with Crippen LogP contribution >= 0.6 is 0 Å². The Kier molecular flexibility index (Phi) is 17.1. The van der Waals surface area contributed by atoms with Crippen LogP contribution in [0.1, 0.15) is 25.7 Å². The average molecular weight is 698 g/mol. The minimum atomic E-state index is -1.37. The van der Waals surface area contributed by atoms with Crippen LogP contribution in [0.25, 0.3) is 0 Å². The number of hydrogen-bond acceptors (Lipinski definition) is 15. The molecule has 0 aliphatic carbocycles. The molecule has 3 heterocycles. The van der Waals surface area contributed by atoms with E-state index in [0.717, 1.165) is 34.1 Å². The summed E-state index contributed by atoms with van der Waals surface area (Å²) in [5, 5.41) is 13.6. The quantitative estimate of drug-likeness (QED) is 0.0733. The summed E-state index contributed by atoms with van der Waals surface area (Å²) < 4.78 is 19.0. The first-order valence-electron chi connectivity index (χ1n) is 14.7. The number of rotatable bonds is 19. The Labute approximate surface area is 278 Å². The summed E-state index contributed by atoms with van der Waals surface area (Å²) in [7, 11) is 0. The van der Waals surface area contributed by atoms with Crippen molar-refractivity contribution in [2.75, 3.05) is 65.8 Å². The van der Waals surface area contributed by atoms with E-state index in [9.17, 15) is 47.9 Å². The molecule has 3 rings (SSSR count). The molecule has 1 saturated heterocycles. The van der Waals surface area contributed by atoms with E-state index in [2.05, 4.69) is 24.9 Å². The molecule has 0 aromatic rings. The molecular formula is C28H35N5O16. The molecule has 8 amide bonds. The van der Waals surface area contributed by atoms with Crippen LogP contribution in [0.5, 0.6) is 0 Å². The highest BCUT2D eigenvalue weighted by Gasteiger charge is 2.33. The van der Waals surface area contributed by atoms with Crippen molar-refractivity contribution in [2.24, 2.45) is 0 Å². The fourth-order valence-electron chi connectivity index (χ4n) is 3.77. The maximum absolute atomic E-state index is 11.6. The van der Waals surface area contributed by atoms with Crippen LogP contribution in [-0.4, -0.2) is 145 Å². The Morgan fingerprint density at radius 2 is 1.02 bits per heavy atom. The van der Waals surface area contributed by atoms with E-state index in [-0.39, 0.29) is 103 Å². The van der Waals surface area contributed by atoms with Gasteiger partial charge in [-0.3, -0.25) is 53.0 Å². The van der Waals surface area contributed by atoms with Gasteiger partial charge in [-0.25, -0.2) is 9.59 Å². The van der Waals surface area contributed by atoms with E-state index in [4.69, 9.17) is 14.6 Å². The zero-order valence-corrected chi connectivity index (χ0v) is 26.1. The lowest BCUT2D eigenvalue weighted by Crippen LogP contribution is -2.35. The van der Waals surface area contributed by atoms with Gasteiger partial charge in [-0.15, -0.1) is 0 Å². The van der Waals surface area contributed by atoms with E-state index in [1.807, 2.05) is 0 Å². The highest BCUT2D eigenvalue weighted by Crippen LogP contribution is 2.12. The van der Waals surface area contributed by atoms with Crippen molar-refractivity contribution in [3.8, 4) is 0 Å². The van der Waals surface area contributed by atoms with Crippen LogP contribution in [0, 0.1) is 0 Å². The standard InChI is InChI=1S/C16H19N3O9.C12H16N2O7/c20-11(5-7-18-12(21)1-2-13(18)22)17-6-8-26-9-10-27-16(25)28-19-14(23)3-4-15(19)24;15-9(3-5-14-10(16)1-2-11(14)17)13-4-6-20-7-8-21-12(18)19/h1-2H,3-10H2,(H,17,20);1-2H,3-8H2,(H,13,15)(H,18,19). The van der Waals surface area contributed by atoms with Crippen LogP contribution in [0.15, 0.2) is 24.3 Å². The highest BCUT2D eigenvalue weighted by molar-refractivity contribution is 6.13. The third-order valence-electron chi connectivity index (χ3n) is 6.14. The fourth-order valence-corrected chi connectivity index (χ4v) is 3.77. The van der Waals surface area contributed by atoms with E-state index in [0.29, 0.717) is 5.06 Å². The molecule has 0 aromatic heterocycles. The molecule has 0 spiro atoms. The van der Waals surface area contributed by atoms with Gasteiger partial charge in [0.05, 0.1) is 26.4 Å². The number of imide groups is 3. The molecule has 21 nitrogen and oxygen atoms in total. The summed E-state index contributed by atoms with van der Waals surface area (Å²) in [6, 6.07) is 0. The predicted molar refractivity (Wildman–Crippen MR) is 156 cm³/mol. The highest BCUT2D eigenvalue weighted by atomic mass is 16.8. The maximum Gasteiger partial charge on any atom is 0.534 e. The first kappa shape index (κ1) is 39.5. The van der Waals surface area contributed by atoms with E-state index >= 15 is 0 Å². The lowest BCUT2D eigenvalue weighted by molar-refractivity contribution is -0.177. The fraction of sp³-hybridized carbons (Fsp3) is 0.500. The van der Waals surface area contributed by atoms with Gasteiger partial charge in [-0.1, -0.05) is 5.06 Å². The molecule has 0 bridgehead atoms. The molecule has 1 fully saturated rings. The molecule has 0 aromatic carbocycles. The van der Waals surface area contributed by atoms with Gasteiger partial charge in [0.2, 0.25) is 11.8 Å². The Bertz CT molecular complexity index is 1290. The summed E-state index contributed by atoms with van der Waals surface area (Å²) >= 11 is 0. The second-order valence-electron chi connectivity index (χ2n) is 9.63. The smallest absolute Gasteiger partial charge is 0.450 e. The van der Waals surface area contributed by atoms with Crippen molar-refractivity contribution in [1.82, 2.24) is 25.5 Å². The summed E-state index contributed by atoms with van der Waals surface area (Å²) in [6.45, 7) is 0.657. The first-order valence-corrected chi connectivity index (χ1v) is 14.7. The van der Waals surface area contributed by atoms with Crippen LogP contribution < -0.4 is 10.6 Å². The Morgan fingerprint density at radius 1 is 0.612 bits per heavy atom. The molecule has 0 atom stereocenters. The third kappa shape index (κ3) is 15.2. The lowest BCUT2D eigenvalue weighted by Gasteiger charge is -2.13. The van der Waals surface area contributed by atoms with Crippen LogP contribution in [0.3, 0.4) is 0 Å². The van der Waals surface area contributed by atoms with Crippen LogP contribution in [-0.2, 0) is 62.1 Å². The molecule has 49 heavy (non-hydrogen) atoms. The number of ether oxygens (including phenoxy) is 4. The largest absolute Gasteiger partial charge is 0.534 e. The zero-order chi connectivity index (χ0) is 36.2. The van der Waals surface area contributed by atoms with E-state index in [1.54, 1.807) is 0 Å². The van der Waals surface area contributed by atoms with Gasteiger partial charge in [0.1, 0.15) is 13.2 Å². The average Bonchev–Trinajstić information content (AvgIpc) is 3.68. The molecule has 0 unspecified atom stereocenters. The number of nitrogens with zero attached hydrogens (tertiary/aromatic N) is 3. The molecule has 0 radical (unpaired) electrons. The molecule has 3 aliphatic heterocycles. The SMILES string of the molecule is O=C(CCN1C(=O)C=CC1=O)NCCOCCOC(=O)O.O=C(CCN1C(=O)C=CC1=O)NCCOCCOC(=O)ON1C(=O)CCC1=O. The van der Waals surface area contributed by atoms with Gasteiger partial charge in [0.25, 0.3) is 35.4 Å². The van der Waals surface area contributed by atoms with Gasteiger partial charge < -0.3 is 34.7 Å². The van der Waals surface area contributed by atoms with Gasteiger partial charge in [-0.05, 0) is 0 Å². The number of amides is 8. The summed E-state index contributed by atoms with van der Waals surface area (Å²) in [6.07, 6.45) is 2.02. The topological polar surface area (TPSA) is 271 Å². The Balaban J connectivity index is 0.000000355. The first-order chi connectivity index (χ1) is 23.4. The molecule has 3 aliphatic rings. The van der Waals surface area contributed by atoms with Crippen molar-refractivity contribution < 1.29 is 76.8 Å². The number of carbonyl (C=O) groups excluding carboxylic acids is 9. The van der Waals surface area contributed by atoms with Crippen molar-refractivity contribution in [2.45, 2.75) is 25.7 Å². The molecular weight excluding hydrogens is 662 g/mol. The maximum atomic E-state index is 11.6. The normalized spacial score (nSPS) is 15.1. The van der Waals surface area contributed by atoms with Crippen LogP contribution in [0.4, 0.5) is 9.59 Å². The Morgan fingerprint density at radius 3 is 1.43 bits per heavy atom. The van der Waals surface area contributed by atoms with E-state index in [1.165, 1.54) is 0 Å². The summed E-state index contributed by atoms with van der Waals surface area (Å²) in [4.78, 5) is 118. The Hall–Kier alpha value is -5.70. The number of carbonyl (C=O) groups is 10. The minimum absolute atomic E-state index is 0.00463. The lowest BCUT2D eigenvalue weighted by atomic mass is 10.3. The summed E-state index contributed by atoms with van der Waals surface area (Å²) in [5.41, 5.74) is 0. The van der Waals surface area contributed by atoms with Gasteiger partial charge in [0, 0.05) is 76.2 Å². The number of carboxylic acid groups (broad SMARTS) is 1. The predicted octanol–water partition coefficient (Wildman–Crippen LogP) is -2.22. The molecule has 21 heteroatoms. The third-order valence-corrected chi connectivity index (χ3v) is 6.14. The van der Waals surface area contributed by atoms with Gasteiger partial charge >= 0.3 is 12.3 Å². The van der Waals surface area contributed by atoms with Crippen LogP contribution in [0.2, 0.25) is 0 Å². The van der Waals surface area contributed by atoms with Gasteiger partial charge in [0.15, 0.2) is 0 Å².